The van der Waals surface area contributed by atoms with Gasteiger partial charge < -0.3 is 19.7 Å². The number of carbonyl (C=O) groups is 3. The molecule has 0 bridgehead atoms. The highest BCUT2D eigenvalue weighted by atomic mass is 16.2. The lowest BCUT2D eigenvalue weighted by Crippen LogP contribution is -2.51. The molecule has 33 heavy (non-hydrogen) atoms. The second-order valence-electron chi connectivity index (χ2n) is 7.85. The first-order valence-corrected chi connectivity index (χ1v) is 10.9. The van der Waals surface area contributed by atoms with E-state index in [1.54, 1.807) is 59.0 Å². The topological polar surface area (TPSA) is 100 Å². The number of hydrogen-bond acceptors (Lipinski definition) is 5. The van der Waals surface area contributed by atoms with E-state index >= 15 is 0 Å². The molecule has 1 saturated heterocycles. The summed E-state index contributed by atoms with van der Waals surface area (Å²) in [5.74, 6) is -0.226. The quantitative estimate of drug-likeness (QED) is 0.597. The van der Waals surface area contributed by atoms with Crippen molar-refractivity contribution in [2.75, 3.05) is 31.5 Å². The van der Waals surface area contributed by atoms with Crippen LogP contribution in [0.5, 0.6) is 0 Å². The minimum atomic E-state index is -0.131. The Morgan fingerprint density at radius 2 is 1.76 bits per heavy atom. The number of aromatic nitrogens is 3. The van der Waals surface area contributed by atoms with Gasteiger partial charge in [0.05, 0.1) is 12.7 Å². The number of nitrogens with zero attached hydrogens (tertiary/aromatic N) is 5. The number of hydrogen-bond donors (Lipinski definition) is 1. The molecule has 170 valence electrons. The Balaban J connectivity index is 1.28. The van der Waals surface area contributed by atoms with Crippen molar-refractivity contribution in [3.63, 3.8) is 0 Å². The van der Waals surface area contributed by atoms with E-state index in [4.69, 9.17) is 0 Å². The molecule has 9 heteroatoms. The molecule has 0 aliphatic carbocycles. The molecular formula is C24H26N6O3. The standard InChI is InChI=1S/C24H26N6O3/c31-22(7-10-28-11-9-25-18-28)27-21-6-3-4-19(16-21)24(33)30-14-12-29(13-15-30)23(32)17-20-5-1-2-8-26-20/h1-6,8-9,11,16,18H,7,10,12-15,17H2,(H,27,31). The lowest BCUT2D eigenvalue weighted by molar-refractivity contribution is -0.132. The zero-order valence-corrected chi connectivity index (χ0v) is 18.3. The first kappa shape index (κ1) is 22.2. The van der Waals surface area contributed by atoms with Crippen molar-refractivity contribution in [3.8, 4) is 0 Å². The molecule has 9 nitrogen and oxygen atoms in total. The lowest BCUT2D eigenvalue weighted by Gasteiger charge is -2.35. The van der Waals surface area contributed by atoms with Crippen molar-refractivity contribution in [2.45, 2.75) is 19.4 Å². The van der Waals surface area contributed by atoms with E-state index in [1.807, 2.05) is 22.8 Å². The third-order valence-electron chi connectivity index (χ3n) is 5.53. The number of rotatable bonds is 7. The molecule has 0 unspecified atom stereocenters. The van der Waals surface area contributed by atoms with E-state index in [-0.39, 0.29) is 24.1 Å². The van der Waals surface area contributed by atoms with E-state index in [1.165, 1.54) is 0 Å². The van der Waals surface area contributed by atoms with Crippen molar-refractivity contribution < 1.29 is 14.4 Å². The number of pyridine rings is 1. The highest BCUT2D eigenvalue weighted by Crippen LogP contribution is 2.15. The van der Waals surface area contributed by atoms with E-state index in [0.717, 1.165) is 5.69 Å². The number of piperazine rings is 1. The molecule has 0 atom stereocenters. The van der Waals surface area contributed by atoms with Gasteiger partial charge in [0.15, 0.2) is 0 Å². The Bertz CT molecular complexity index is 1090. The van der Waals surface area contributed by atoms with E-state index in [2.05, 4.69) is 15.3 Å². The van der Waals surface area contributed by atoms with Crippen LogP contribution in [-0.4, -0.2) is 68.2 Å². The van der Waals surface area contributed by atoms with Gasteiger partial charge in [0.2, 0.25) is 11.8 Å². The average molecular weight is 447 g/mol. The van der Waals surface area contributed by atoms with Crippen LogP contribution in [0, 0.1) is 0 Å². The molecule has 0 spiro atoms. The largest absolute Gasteiger partial charge is 0.339 e. The number of aryl methyl sites for hydroxylation is 1. The van der Waals surface area contributed by atoms with Gasteiger partial charge in [-0.3, -0.25) is 19.4 Å². The summed E-state index contributed by atoms with van der Waals surface area (Å²) < 4.78 is 1.83. The van der Waals surface area contributed by atoms with Crippen molar-refractivity contribution in [2.24, 2.45) is 0 Å². The molecule has 3 amide bonds. The fourth-order valence-corrected chi connectivity index (χ4v) is 3.71. The molecule has 4 rings (SSSR count). The second kappa shape index (κ2) is 10.5. The number of amides is 3. The first-order valence-electron chi connectivity index (χ1n) is 10.9. The summed E-state index contributed by atoms with van der Waals surface area (Å²) in [6.07, 6.45) is 7.38. The lowest BCUT2D eigenvalue weighted by atomic mass is 10.1. The van der Waals surface area contributed by atoms with Gasteiger partial charge in [-0.15, -0.1) is 0 Å². The molecule has 2 aromatic heterocycles. The average Bonchev–Trinajstić information content (AvgIpc) is 3.37. The third kappa shape index (κ3) is 6.03. The molecule has 1 aromatic carbocycles. The number of benzene rings is 1. The smallest absolute Gasteiger partial charge is 0.254 e. The normalized spacial score (nSPS) is 13.6. The Hall–Kier alpha value is -4.01. The van der Waals surface area contributed by atoms with Gasteiger partial charge >= 0.3 is 0 Å². The minimum absolute atomic E-state index is 0.0150. The summed E-state index contributed by atoms with van der Waals surface area (Å²) in [6.45, 7) is 2.44. The van der Waals surface area contributed by atoms with Crippen molar-refractivity contribution in [1.29, 1.82) is 0 Å². The maximum Gasteiger partial charge on any atom is 0.254 e. The van der Waals surface area contributed by atoms with Crippen LogP contribution in [0.2, 0.25) is 0 Å². The number of anilines is 1. The SMILES string of the molecule is O=C(CCn1ccnc1)Nc1cccc(C(=O)N2CCN(C(=O)Cc3ccccn3)CC2)c1. The molecule has 3 heterocycles. The van der Waals surface area contributed by atoms with Crippen LogP contribution in [0.15, 0.2) is 67.4 Å². The molecule has 1 N–H and O–H groups in total. The molecule has 1 aliphatic rings. The van der Waals surface area contributed by atoms with Crippen molar-refractivity contribution >= 4 is 23.4 Å². The molecule has 1 aliphatic heterocycles. The Morgan fingerprint density at radius 3 is 2.48 bits per heavy atom. The van der Waals surface area contributed by atoms with Gasteiger partial charge in [-0.25, -0.2) is 4.98 Å². The summed E-state index contributed by atoms with van der Waals surface area (Å²) in [6, 6.07) is 12.5. The predicted molar refractivity (Wildman–Crippen MR) is 122 cm³/mol. The van der Waals surface area contributed by atoms with E-state index < -0.39 is 0 Å². The van der Waals surface area contributed by atoms with Crippen LogP contribution in [-0.2, 0) is 22.6 Å². The molecule has 0 saturated carbocycles. The molecule has 3 aromatic rings. The van der Waals surface area contributed by atoms with E-state index in [9.17, 15) is 14.4 Å². The summed E-state index contributed by atoms with van der Waals surface area (Å²) in [5, 5.41) is 2.85. The fourth-order valence-electron chi connectivity index (χ4n) is 3.71. The third-order valence-corrected chi connectivity index (χ3v) is 5.53. The van der Waals surface area contributed by atoms with Gasteiger partial charge in [0.25, 0.3) is 5.91 Å². The predicted octanol–water partition coefficient (Wildman–Crippen LogP) is 1.83. The minimum Gasteiger partial charge on any atom is -0.339 e. The van der Waals surface area contributed by atoms with Gasteiger partial charge in [0, 0.05) is 74.7 Å². The van der Waals surface area contributed by atoms with Gasteiger partial charge in [-0.2, -0.15) is 0 Å². The summed E-state index contributed by atoms with van der Waals surface area (Å²) in [7, 11) is 0. The molecular weight excluding hydrogens is 420 g/mol. The Labute approximate surface area is 192 Å². The first-order chi connectivity index (χ1) is 16.1. The van der Waals surface area contributed by atoms with Gasteiger partial charge in [-0.1, -0.05) is 12.1 Å². The Kier molecular flexibility index (Phi) is 7.09. The molecule has 0 radical (unpaired) electrons. The maximum absolute atomic E-state index is 13.0. The zero-order chi connectivity index (χ0) is 23.0. The highest BCUT2D eigenvalue weighted by molar-refractivity contribution is 5.97. The molecule has 1 fully saturated rings. The zero-order valence-electron chi connectivity index (χ0n) is 18.3. The van der Waals surface area contributed by atoms with Crippen LogP contribution < -0.4 is 5.32 Å². The van der Waals surface area contributed by atoms with Crippen LogP contribution in [0.4, 0.5) is 5.69 Å². The number of imidazole rings is 1. The van der Waals surface area contributed by atoms with Crippen LogP contribution in [0.1, 0.15) is 22.5 Å². The van der Waals surface area contributed by atoms with Crippen LogP contribution in [0.25, 0.3) is 0 Å². The van der Waals surface area contributed by atoms with E-state index in [0.29, 0.717) is 50.4 Å². The summed E-state index contributed by atoms with van der Waals surface area (Å²) >= 11 is 0. The monoisotopic (exact) mass is 446 g/mol. The second-order valence-corrected chi connectivity index (χ2v) is 7.85. The van der Waals surface area contributed by atoms with Gasteiger partial charge in [-0.05, 0) is 30.3 Å². The van der Waals surface area contributed by atoms with Gasteiger partial charge in [0.1, 0.15) is 0 Å². The van der Waals surface area contributed by atoms with Crippen LogP contribution >= 0.6 is 0 Å². The maximum atomic E-state index is 13.0. The summed E-state index contributed by atoms with van der Waals surface area (Å²) in [4.78, 5) is 49.4. The fraction of sp³-hybridized carbons (Fsp3) is 0.292. The highest BCUT2D eigenvalue weighted by Gasteiger charge is 2.25. The van der Waals surface area contributed by atoms with Crippen LogP contribution in [0.3, 0.4) is 0 Å². The van der Waals surface area contributed by atoms with Crippen molar-refractivity contribution in [1.82, 2.24) is 24.3 Å². The summed E-state index contributed by atoms with van der Waals surface area (Å²) in [5.41, 5.74) is 1.83. The van der Waals surface area contributed by atoms with Crippen molar-refractivity contribution in [3.05, 3.63) is 78.6 Å². The number of nitrogens with one attached hydrogen (secondary N) is 1. The number of carbonyl (C=O) groups excluding carboxylic acids is 3. The Morgan fingerprint density at radius 1 is 0.939 bits per heavy atom.